The number of imidazole rings is 1. The molecule has 29 heavy (non-hydrogen) atoms. The van der Waals surface area contributed by atoms with Crippen molar-refractivity contribution in [3.63, 3.8) is 0 Å². The van der Waals surface area contributed by atoms with Crippen molar-refractivity contribution in [3.05, 3.63) is 59.8 Å². The lowest BCUT2D eigenvalue weighted by atomic mass is 9.93. The highest BCUT2D eigenvalue weighted by Crippen LogP contribution is 2.56. The number of fused-ring (bicyclic) bond motifs is 1. The van der Waals surface area contributed by atoms with Crippen molar-refractivity contribution in [2.75, 3.05) is 13.1 Å². The fourth-order valence-electron chi connectivity index (χ4n) is 4.92. The van der Waals surface area contributed by atoms with Gasteiger partial charge in [-0.25, -0.2) is 4.98 Å². The maximum Gasteiger partial charge on any atom is 0.122 e. The summed E-state index contributed by atoms with van der Waals surface area (Å²) in [5.41, 5.74) is 4.04. The van der Waals surface area contributed by atoms with Crippen molar-refractivity contribution < 1.29 is 0 Å². The van der Waals surface area contributed by atoms with Crippen LogP contribution in [0.25, 0.3) is 10.9 Å². The summed E-state index contributed by atoms with van der Waals surface area (Å²) in [7, 11) is 2.09. The van der Waals surface area contributed by atoms with Gasteiger partial charge >= 0.3 is 0 Å². The molecule has 2 aliphatic rings. The lowest BCUT2D eigenvalue weighted by molar-refractivity contribution is 0.183. The van der Waals surface area contributed by atoms with Gasteiger partial charge in [0, 0.05) is 43.1 Å². The summed E-state index contributed by atoms with van der Waals surface area (Å²) in [6, 6.07) is 11.7. The summed E-state index contributed by atoms with van der Waals surface area (Å²) < 4.78 is 2.15. The first-order valence-corrected chi connectivity index (χ1v) is 10.4. The Labute approximate surface area is 178 Å². The van der Waals surface area contributed by atoms with Gasteiger partial charge in [0.2, 0.25) is 0 Å². The highest BCUT2D eigenvalue weighted by Gasteiger charge is 2.56. The van der Waals surface area contributed by atoms with Gasteiger partial charge in [-0.15, -0.1) is 12.4 Å². The van der Waals surface area contributed by atoms with Crippen LogP contribution in [0.1, 0.15) is 36.3 Å². The van der Waals surface area contributed by atoms with Gasteiger partial charge in [0.25, 0.3) is 0 Å². The zero-order valence-electron chi connectivity index (χ0n) is 17.3. The van der Waals surface area contributed by atoms with Crippen molar-refractivity contribution in [2.45, 2.75) is 45.3 Å². The number of aromatic nitrogens is 3. The standard InChI is InChI=1S/C23H29N5.ClH/c1-17-3-5-19-13-18(4-6-20(19)26-17)15-28(16-22-25-11-12-27(22)2)21-14-23(21)7-9-24-10-8-23;/h3-6,11-13,21,24H,7-10,14-16H2,1-2H3;1H. The first kappa shape index (κ1) is 20.3. The first-order chi connectivity index (χ1) is 13.6. The average molecular weight is 412 g/mol. The molecule has 1 unspecified atom stereocenters. The van der Waals surface area contributed by atoms with Crippen molar-refractivity contribution in [1.29, 1.82) is 0 Å². The van der Waals surface area contributed by atoms with Crippen molar-refractivity contribution >= 4 is 23.3 Å². The smallest absolute Gasteiger partial charge is 0.122 e. The van der Waals surface area contributed by atoms with E-state index in [9.17, 15) is 0 Å². The number of nitrogens with zero attached hydrogens (tertiary/aromatic N) is 4. The molecule has 154 valence electrons. The Kier molecular flexibility index (Phi) is 5.65. The quantitative estimate of drug-likeness (QED) is 0.692. The number of benzene rings is 1. The molecule has 3 heterocycles. The zero-order valence-corrected chi connectivity index (χ0v) is 18.1. The van der Waals surface area contributed by atoms with Crippen LogP contribution in [-0.2, 0) is 20.1 Å². The second-order valence-corrected chi connectivity index (χ2v) is 8.67. The Hall–Kier alpha value is -1.95. The predicted molar refractivity (Wildman–Crippen MR) is 119 cm³/mol. The maximum absolute atomic E-state index is 4.65. The molecule has 1 saturated heterocycles. The van der Waals surface area contributed by atoms with Gasteiger partial charge in [-0.2, -0.15) is 0 Å². The summed E-state index contributed by atoms with van der Waals surface area (Å²) in [5, 5.41) is 4.76. The van der Waals surface area contributed by atoms with E-state index in [0.717, 1.165) is 43.2 Å². The Morgan fingerprint density at radius 2 is 2.00 bits per heavy atom. The minimum absolute atomic E-state index is 0. The molecule has 1 aliphatic heterocycles. The molecule has 0 bridgehead atoms. The summed E-state index contributed by atoms with van der Waals surface area (Å²) >= 11 is 0. The van der Waals surface area contributed by atoms with Crippen LogP contribution in [-0.4, -0.2) is 38.6 Å². The predicted octanol–water partition coefficient (Wildman–Crippen LogP) is 3.84. The van der Waals surface area contributed by atoms with Crippen LogP contribution in [0.15, 0.2) is 42.7 Å². The number of piperidine rings is 1. The summed E-state index contributed by atoms with van der Waals surface area (Å²) in [6.07, 6.45) is 7.88. The van der Waals surface area contributed by atoms with Gasteiger partial charge < -0.3 is 9.88 Å². The fourth-order valence-corrected chi connectivity index (χ4v) is 4.92. The van der Waals surface area contributed by atoms with E-state index in [0.29, 0.717) is 11.5 Å². The van der Waals surface area contributed by atoms with E-state index in [1.807, 2.05) is 19.3 Å². The summed E-state index contributed by atoms with van der Waals surface area (Å²) in [5.74, 6) is 1.15. The van der Waals surface area contributed by atoms with Crippen molar-refractivity contribution in [3.8, 4) is 0 Å². The van der Waals surface area contributed by atoms with E-state index in [1.165, 1.54) is 30.2 Å². The van der Waals surface area contributed by atoms with Gasteiger partial charge in [-0.05, 0) is 68.5 Å². The van der Waals surface area contributed by atoms with E-state index >= 15 is 0 Å². The Morgan fingerprint density at radius 3 is 2.76 bits per heavy atom. The molecule has 1 atom stereocenters. The van der Waals surface area contributed by atoms with Crippen LogP contribution in [0.2, 0.25) is 0 Å². The van der Waals surface area contributed by atoms with Crippen LogP contribution < -0.4 is 5.32 Å². The fraction of sp³-hybridized carbons (Fsp3) is 0.478. The second kappa shape index (κ2) is 8.05. The molecule has 5 rings (SSSR count). The number of hydrogen-bond donors (Lipinski definition) is 1. The van der Waals surface area contributed by atoms with Gasteiger partial charge in [-0.3, -0.25) is 9.88 Å². The summed E-state index contributed by atoms with van der Waals surface area (Å²) in [6.45, 7) is 6.25. The molecule has 0 amide bonds. The number of aryl methyl sites for hydroxylation is 2. The number of hydrogen-bond acceptors (Lipinski definition) is 4. The zero-order chi connectivity index (χ0) is 19.1. The molecular weight excluding hydrogens is 382 g/mol. The molecule has 5 nitrogen and oxygen atoms in total. The highest BCUT2D eigenvalue weighted by molar-refractivity contribution is 5.85. The van der Waals surface area contributed by atoms with E-state index < -0.39 is 0 Å². The molecule has 1 aliphatic carbocycles. The van der Waals surface area contributed by atoms with E-state index in [4.69, 9.17) is 0 Å². The first-order valence-electron chi connectivity index (χ1n) is 10.4. The third-order valence-corrected chi connectivity index (χ3v) is 6.73. The number of pyridine rings is 1. The SMILES string of the molecule is Cc1ccc2cc(CN(Cc3nccn3C)C3CC34CCNCC4)ccc2n1.Cl. The number of nitrogens with one attached hydrogen (secondary N) is 1. The molecule has 1 N–H and O–H groups in total. The molecule has 0 radical (unpaired) electrons. The maximum atomic E-state index is 4.65. The topological polar surface area (TPSA) is 46.0 Å². The number of halogens is 1. The third-order valence-electron chi connectivity index (χ3n) is 6.73. The lowest BCUT2D eigenvalue weighted by Crippen LogP contribution is -2.36. The van der Waals surface area contributed by atoms with Crippen molar-refractivity contribution in [1.82, 2.24) is 24.8 Å². The molecule has 3 aromatic rings. The molecule has 1 spiro atoms. The Balaban J connectivity index is 0.00000205. The minimum atomic E-state index is 0. The van der Waals surface area contributed by atoms with E-state index in [1.54, 1.807) is 0 Å². The van der Waals surface area contributed by atoms with Crippen molar-refractivity contribution in [2.24, 2.45) is 12.5 Å². The van der Waals surface area contributed by atoms with Gasteiger partial charge in [0.05, 0.1) is 12.1 Å². The minimum Gasteiger partial charge on any atom is -0.337 e. The molecular formula is C23H30ClN5. The molecule has 2 aromatic heterocycles. The molecule has 1 aromatic carbocycles. The van der Waals surface area contributed by atoms with Gasteiger partial charge in [0.1, 0.15) is 5.82 Å². The van der Waals surface area contributed by atoms with Crippen LogP contribution in [0, 0.1) is 12.3 Å². The molecule has 1 saturated carbocycles. The van der Waals surface area contributed by atoms with Crippen LogP contribution in [0.3, 0.4) is 0 Å². The molecule has 2 fully saturated rings. The second-order valence-electron chi connectivity index (χ2n) is 8.67. The Morgan fingerprint density at radius 1 is 1.17 bits per heavy atom. The largest absolute Gasteiger partial charge is 0.337 e. The molecule has 6 heteroatoms. The van der Waals surface area contributed by atoms with Crippen LogP contribution in [0.4, 0.5) is 0 Å². The van der Waals surface area contributed by atoms with Crippen LogP contribution in [0.5, 0.6) is 0 Å². The third kappa shape index (κ3) is 4.04. The van der Waals surface area contributed by atoms with E-state index in [-0.39, 0.29) is 12.4 Å². The van der Waals surface area contributed by atoms with E-state index in [2.05, 4.69) is 62.1 Å². The Bertz CT molecular complexity index is 992. The average Bonchev–Trinajstić information content (AvgIpc) is 3.23. The lowest BCUT2D eigenvalue weighted by Gasteiger charge is -2.29. The van der Waals surface area contributed by atoms with Crippen LogP contribution >= 0.6 is 12.4 Å². The van der Waals surface area contributed by atoms with Gasteiger partial charge in [0.15, 0.2) is 0 Å². The monoisotopic (exact) mass is 411 g/mol. The summed E-state index contributed by atoms with van der Waals surface area (Å²) in [4.78, 5) is 11.9. The normalized spacial score (nSPS) is 20.2. The highest BCUT2D eigenvalue weighted by atomic mass is 35.5. The van der Waals surface area contributed by atoms with Gasteiger partial charge in [-0.1, -0.05) is 12.1 Å². The number of rotatable bonds is 5.